The smallest absolute Gasteiger partial charge is 0.307 e. The second-order valence-corrected chi connectivity index (χ2v) is 8.08. The lowest BCUT2D eigenvalue weighted by molar-refractivity contribution is -0.727. The molecule has 2 aromatic heterocycles. The van der Waals surface area contributed by atoms with E-state index in [0.29, 0.717) is 13.1 Å². The van der Waals surface area contributed by atoms with Gasteiger partial charge in [0.25, 0.3) is 5.82 Å². The van der Waals surface area contributed by atoms with Gasteiger partial charge in [-0.2, -0.15) is 9.78 Å². The van der Waals surface area contributed by atoms with Gasteiger partial charge in [-0.1, -0.05) is 36.4 Å². The van der Waals surface area contributed by atoms with Crippen molar-refractivity contribution in [2.45, 2.75) is 12.5 Å². The van der Waals surface area contributed by atoms with Crippen LogP contribution < -0.4 is 4.68 Å². The van der Waals surface area contributed by atoms with E-state index in [1.54, 1.807) is 6.33 Å². The molecule has 0 bridgehead atoms. The monoisotopic (exact) mass is 385 g/mol. The molecular formula is C19H18ClN4OS+. The summed E-state index contributed by atoms with van der Waals surface area (Å²) in [5, 5.41) is 3.23. The number of hydrogen-bond donors (Lipinski definition) is 1. The maximum Gasteiger partial charge on any atom is 0.307 e. The van der Waals surface area contributed by atoms with Gasteiger partial charge in [-0.25, -0.2) is 0 Å². The van der Waals surface area contributed by atoms with Crippen LogP contribution in [0.25, 0.3) is 11.4 Å². The number of aromatic amines is 1. The Hall–Kier alpha value is -2.44. The number of hydrogen-bond acceptors (Lipinski definition) is 3. The average molecular weight is 386 g/mol. The molecule has 3 heterocycles. The second kappa shape index (κ2) is 6.70. The number of benzene rings is 1. The highest BCUT2D eigenvalue weighted by molar-refractivity contribution is 7.16. The van der Waals surface area contributed by atoms with Crippen LogP contribution in [0.3, 0.4) is 0 Å². The summed E-state index contributed by atoms with van der Waals surface area (Å²) in [7, 11) is 1.90. The molecule has 132 valence electrons. The number of rotatable bonds is 3. The van der Waals surface area contributed by atoms with Crippen molar-refractivity contribution in [1.82, 2.24) is 15.0 Å². The van der Waals surface area contributed by atoms with Gasteiger partial charge in [-0.05, 0) is 34.3 Å². The largest absolute Gasteiger partial charge is 0.333 e. The summed E-state index contributed by atoms with van der Waals surface area (Å²) in [5.41, 5.74) is 3.34. The fourth-order valence-electron chi connectivity index (χ4n) is 3.46. The van der Waals surface area contributed by atoms with Crippen LogP contribution in [-0.4, -0.2) is 27.4 Å². The van der Waals surface area contributed by atoms with Crippen molar-refractivity contribution >= 4 is 28.8 Å². The molecular weight excluding hydrogens is 368 g/mol. The molecule has 0 radical (unpaired) electrons. The van der Waals surface area contributed by atoms with Crippen LogP contribution in [0.2, 0.25) is 4.34 Å². The first-order valence-corrected chi connectivity index (χ1v) is 9.45. The van der Waals surface area contributed by atoms with Gasteiger partial charge in [0.15, 0.2) is 0 Å². The van der Waals surface area contributed by atoms with E-state index in [1.807, 2.05) is 34.8 Å². The minimum Gasteiger partial charge on any atom is -0.333 e. The summed E-state index contributed by atoms with van der Waals surface area (Å²) in [4.78, 5) is 19.7. The van der Waals surface area contributed by atoms with Crippen molar-refractivity contribution in [3.8, 4) is 11.4 Å². The number of fused-ring (bicyclic) bond motifs is 1. The fraction of sp³-hybridized carbons (Fsp3) is 0.211. The Kier molecular flexibility index (Phi) is 4.38. The van der Waals surface area contributed by atoms with Crippen LogP contribution in [0, 0.1) is 0 Å². The quantitative estimate of drug-likeness (QED) is 0.555. The lowest BCUT2D eigenvalue weighted by Gasteiger charge is -2.33. The topological polar surface area (TPSA) is 52.9 Å². The number of carbonyl (C=O) groups excluding carboxylic acids is 1. The zero-order valence-corrected chi connectivity index (χ0v) is 15.8. The molecule has 0 saturated heterocycles. The van der Waals surface area contributed by atoms with E-state index in [9.17, 15) is 4.79 Å². The van der Waals surface area contributed by atoms with Crippen molar-refractivity contribution in [2.24, 2.45) is 7.05 Å². The molecule has 1 aliphatic rings. The van der Waals surface area contributed by atoms with Crippen molar-refractivity contribution in [1.29, 1.82) is 0 Å². The molecule has 26 heavy (non-hydrogen) atoms. The molecule has 0 aliphatic carbocycles. The Balaban J connectivity index is 1.84. The molecule has 0 fully saturated rings. The maximum atomic E-state index is 12.3. The molecule has 1 atom stereocenters. The summed E-state index contributed by atoms with van der Waals surface area (Å²) in [5.74, 6) is 0.781. The molecule has 1 aromatic carbocycles. The number of H-pyrrole nitrogens is 1. The number of carbonyl (C=O) groups is 1. The number of halogens is 1. The summed E-state index contributed by atoms with van der Waals surface area (Å²) in [6.45, 7) is 4.80. The number of nitrogens with zero attached hydrogens (tertiary/aromatic N) is 3. The SMILES string of the molecule is C=CC(=O)N1Cc2sc(Cl)cc2[C@H](c2ccccc2-c2nc[n+](C)[nH]2)C1. The molecule has 5 nitrogen and oxygen atoms in total. The lowest BCUT2D eigenvalue weighted by atomic mass is 9.85. The van der Waals surface area contributed by atoms with Crippen molar-refractivity contribution in [2.75, 3.05) is 6.54 Å². The molecule has 0 saturated carbocycles. The van der Waals surface area contributed by atoms with E-state index in [4.69, 9.17) is 11.6 Å². The van der Waals surface area contributed by atoms with E-state index >= 15 is 0 Å². The van der Waals surface area contributed by atoms with Crippen LogP contribution >= 0.6 is 22.9 Å². The Morgan fingerprint density at radius 1 is 1.46 bits per heavy atom. The van der Waals surface area contributed by atoms with Crippen LogP contribution in [0.5, 0.6) is 0 Å². The molecule has 0 unspecified atom stereocenters. The van der Waals surface area contributed by atoms with Crippen molar-refractivity contribution in [3.63, 3.8) is 0 Å². The second-order valence-electron chi connectivity index (χ2n) is 6.31. The normalized spacial score (nSPS) is 16.4. The highest BCUT2D eigenvalue weighted by Gasteiger charge is 2.32. The molecule has 1 N–H and O–H groups in total. The van der Waals surface area contributed by atoms with Crippen molar-refractivity contribution < 1.29 is 9.48 Å². The first kappa shape index (κ1) is 17.0. The summed E-state index contributed by atoms with van der Waals surface area (Å²) in [6, 6.07) is 10.2. The van der Waals surface area contributed by atoms with Crippen LogP contribution in [0.4, 0.5) is 0 Å². The van der Waals surface area contributed by atoms with Crippen LogP contribution in [0.15, 0.2) is 49.3 Å². The third-order valence-corrected chi connectivity index (χ3v) is 5.91. The van der Waals surface area contributed by atoms with Gasteiger partial charge in [0.1, 0.15) is 7.05 Å². The standard InChI is InChI=1S/C19H17ClN4OS/c1-3-18(25)24-9-15(14-8-17(20)26-16(14)10-24)12-6-4-5-7-13(12)19-21-11-23(2)22-19/h3-8,11,15H,1,9-10H2,2H3/p+1/t15-/m0/s1. The van der Waals surface area contributed by atoms with Gasteiger partial charge in [-0.15, -0.1) is 11.3 Å². The summed E-state index contributed by atoms with van der Waals surface area (Å²) in [6.07, 6.45) is 3.11. The summed E-state index contributed by atoms with van der Waals surface area (Å²) < 4.78 is 2.56. The highest BCUT2D eigenvalue weighted by Crippen LogP contribution is 2.42. The lowest BCUT2D eigenvalue weighted by Crippen LogP contribution is -2.37. The maximum absolute atomic E-state index is 12.3. The van der Waals surface area contributed by atoms with Gasteiger partial charge in [0, 0.05) is 17.3 Å². The van der Waals surface area contributed by atoms with Gasteiger partial charge in [0.2, 0.25) is 5.91 Å². The van der Waals surface area contributed by atoms with Crippen LogP contribution in [0.1, 0.15) is 21.9 Å². The summed E-state index contributed by atoms with van der Waals surface area (Å²) >= 11 is 7.83. The Morgan fingerprint density at radius 3 is 3.00 bits per heavy atom. The van der Waals surface area contributed by atoms with E-state index < -0.39 is 0 Å². The van der Waals surface area contributed by atoms with Gasteiger partial charge in [-0.3, -0.25) is 4.79 Å². The zero-order chi connectivity index (χ0) is 18.3. The molecule has 1 amide bonds. The third kappa shape index (κ3) is 2.95. The Labute approximate surface area is 160 Å². The first-order chi connectivity index (χ1) is 12.6. The third-order valence-electron chi connectivity index (χ3n) is 4.64. The number of aryl methyl sites for hydroxylation is 1. The van der Waals surface area contributed by atoms with E-state index in [0.717, 1.165) is 26.2 Å². The van der Waals surface area contributed by atoms with E-state index in [2.05, 4.69) is 28.8 Å². The minimum atomic E-state index is -0.0629. The number of thiophene rings is 1. The fourth-order valence-corrected chi connectivity index (χ4v) is 4.82. The highest BCUT2D eigenvalue weighted by atomic mass is 35.5. The predicted molar refractivity (Wildman–Crippen MR) is 102 cm³/mol. The molecule has 4 rings (SSSR count). The van der Waals surface area contributed by atoms with Gasteiger partial charge < -0.3 is 4.90 Å². The van der Waals surface area contributed by atoms with Gasteiger partial charge in [0.05, 0.1) is 16.4 Å². The van der Waals surface area contributed by atoms with E-state index in [1.165, 1.54) is 23.0 Å². The van der Waals surface area contributed by atoms with Crippen LogP contribution in [-0.2, 0) is 18.4 Å². The Morgan fingerprint density at radius 2 is 2.27 bits per heavy atom. The van der Waals surface area contributed by atoms with Crippen molar-refractivity contribution in [3.05, 3.63) is 69.7 Å². The average Bonchev–Trinajstić information content (AvgIpc) is 3.24. The molecule has 0 spiro atoms. The first-order valence-electron chi connectivity index (χ1n) is 8.26. The van der Waals surface area contributed by atoms with Gasteiger partial charge >= 0.3 is 6.33 Å². The molecule has 1 aliphatic heterocycles. The minimum absolute atomic E-state index is 0.0398. The molecule has 7 heteroatoms. The molecule has 3 aromatic rings. The Bertz CT molecular complexity index is 993. The van der Waals surface area contributed by atoms with E-state index in [-0.39, 0.29) is 11.8 Å². The number of amides is 1. The number of nitrogens with one attached hydrogen (secondary N) is 1. The predicted octanol–water partition coefficient (Wildman–Crippen LogP) is 3.28. The number of aromatic nitrogens is 3. The zero-order valence-electron chi connectivity index (χ0n) is 14.3.